The van der Waals surface area contributed by atoms with Gasteiger partial charge in [0.15, 0.2) is 0 Å². The summed E-state index contributed by atoms with van der Waals surface area (Å²) in [5.41, 5.74) is 1.01. The Kier molecular flexibility index (Phi) is 9.11. The van der Waals surface area contributed by atoms with Gasteiger partial charge >= 0.3 is 0 Å². The van der Waals surface area contributed by atoms with Crippen molar-refractivity contribution in [3.05, 3.63) is 68.9 Å². The molecule has 1 N–H and O–H groups in total. The molecule has 0 aliphatic rings. The fourth-order valence-electron chi connectivity index (χ4n) is 2.86. The molecule has 0 bridgehead atoms. The molecule has 0 heterocycles. The maximum Gasteiger partial charge on any atom is 0.242 e. The number of carbonyl (C=O) groups is 2. The van der Waals surface area contributed by atoms with Gasteiger partial charge in [0.25, 0.3) is 0 Å². The van der Waals surface area contributed by atoms with Crippen LogP contribution >= 0.6 is 27.5 Å². The molecule has 2 rings (SSSR count). The van der Waals surface area contributed by atoms with Crippen LogP contribution in [-0.2, 0) is 22.6 Å². The summed E-state index contributed by atoms with van der Waals surface area (Å²) < 4.78 is 15.1. The van der Waals surface area contributed by atoms with E-state index in [1.165, 1.54) is 17.0 Å². The van der Waals surface area contributed by atoms with Crippen LogP contribution < -0.4 is 5.32 Å². The lowest BCUT2D eigenvalue weighted by Gasteiger charge is -2.29. The number of hydrogen-bond donors (Lipinski definition) is 1. The van der Waals surface area contributed by atoms with Gasteiger partial charge in [0.1, 0.15) is 11.9 Å². The van der Waals surface area contributed by atoms with Crippen molar-refractivity contribution in [3.63, 3.8) is 0 Å². The van der Waals surface area contributed by atoms with Gasteiger partial charge in [-0.1, -0.05) is 59.1 Å². The van der Waals surface area contributed by atoms with Gasteiger partial charge in [-0.2, -0.15) is 0 Å². The molecule has 0 fully saturated rings. The smallest absolute Gasteiger partial charge is 0.242 e. The predicted octanol–water partition coefficient (Wildman–Crippen LogP) is 5.12. The summed E-state index contributed by atoms with van der Waals surface area (Å²) in [6.07, 6.45) is 1.61. The molecule has 0 spiro atoms. The third-order valence-electron chi connectivity index (χ3n) is 4.65. The average Bonchev–Trinajstić information content (AvgIpc) is 2.70. The molecule has 1 unspecified atom stereocenters. The summed E-state index contributed by atoms with van der Waals surface area (Å²) in [6, 6.07) is 11.1. The summed E-state index contributed by atoms with van der Waals surface area (Å²) in [5, 5.41) is 3.06. The van der Waals surface area contributed by atoms with Gasteiger partial charge in [-0.3, -0.25) is 9.59 Å². The van der Waals surface area contributed by atoms with Gasteiger partial charge in [-0.25, -0.2) is 4.39 Å². The van der Waals surface area contributed by atoms with Crippen molar-refractivity contribution in [1.82, 2.24) is 10.2 Å². The van der Waals surface area contributed by atoms with E-state index in [2.05, 4.69) is 21.2 Å². The summed E-state index contributed by atoms with van der Waals surface area (Å²) >= 11 is 9.47. The summed E-state index contributed by atoms with van der Waals surface area (Å²) in [7, 11) is 0. The first-order valence-corrected chi connectivity index (χ1v) is 10.7. The second kappa shape index (κ2) is 11.3. The Morgan fingerprint density at radius 1 is 1.21 bits per heavy atom. The normalized spacial score (nSPS) is 11.8. The van der Waals surface area contributed by atoms with Crippen molar-refractivity contribution < 1.29 is 14.0 Å². The van der Waals surface area contributed by atoms with Crippen LogP contribution in [0.15, 0.2) is 46.9 Å². The van der Waals surface area contributed by atoms with Crippen LogP contribution in [0.3, 0.4) is 0 Å². The lowest BCUT2D eigenvalue weighted by Crippen LogP contribution is -2.48. The monoisotopic (exact) mass is 482 g/mol. The molecular weight excluding hydrogens is 459 g/mol. The molecule has 4 nitrogen and oxygen atoms in total. The van der Waals surface area contributed by atoms with Gasteiger partial charge in [0, 0.05) is 28.1 Å². The van der Waals surface area contributed by atoms with E-state index in [1.807, 2.05) is 31.2 Å². The second-order valence-corrected chi connectivity index (χ2v) is 8.17. The summed E-state index contributed by atoms with van der Waals surface area (Å²) in [5.74, 6) is -1.13. The molecule has 0 aliphatic heterocycles. The Balaban J connectivity index is 2.23. The number of hydrogen-bond acceptors (Lipinski definition) is 2. The average molecular weight is 484 g/mol. The van der Waals surface area contributed by atoms with Gasteiger partial charge in [0.05, 0.1) is 6.42 Å². The lowest BCUT2D eigenvalue weighted by atomic mass is 10.1. The van der Waals surface area contributed by atoms with Gasteiger partial charge in [-0.05, 0) is 43.2 Å². The molecule has 1 atom stereocenters. The largest absolute Gasteiger partial charge is 0.354 e. The van der Waals surface area contributed by atoms with Gasteiger partial charge in [0.2, 0.25) is 11.8 Å². The molecular formula is C22H25BrClFN2O2. The van der Waals surface area contributed by atoms with Gasteiger partial charge < -0.3 is 10.2 Å². The van der Waals surface area contributed by atoms with E-state index in [0.29, 0.717) is 6.54 Å². The lowest BCUT2D eigenvalue weighted by molar-refractivity contribution is -0.140. The molecule has 0 saturated heterocycles. The third kappa shape index (κ3) is 6.82. The van der Waals surface area contributed by atoms with Crippen LogP contribution in [0.1, 0.15) is 37.8 Å². The van der Waals surface area contributed by atoms with E-state index in [4.69, 9.17) is 11.6 Å². The number of nitrogens with zero attached hydrogens (tertiary/aromatic N) is 1. The number of unbranched alkanes of at least 4 members (excludes halogenated alkanes) is 1. The zero-order valence-corrected chi connectivity index (χ0v) is 18.9. The highest BCUT2D eigenvalue weighted by molar-refractivity contribution is 9.10. The van der Waals surface area contributed by atoms with Crippen LogP contribution in [-0.4, -0.2) is 29.3 Å². The van der Waals surface area contributed by atoms with Crippen molar-refractivity contribution in [2.45, 2.75) is 45.7 Å². The van der Waals surface area contributed by atoms with Crippen molar-refractivity contribution in [1.29, 1.82) is 0 Å². The SMILES string of the molecule is CCCCNC(=O)C(C)N(Cc1ccc(Br)cc1)C(=O)Cc1c(F)cccc1Cl. The molecule has 156 valence electrons. The highest BCUT2D eigenvalue weighted by atomic mass is 79.9. The molecule has 2 aromatic carbocycles. The van der Waals surface area contributed by atoms with Gasteiger partial charge in [-0.15, -0.1) is 0 Å². The minimum absolute atomic E-state index is 0.138. The molecule has 29 heavy (non-hydrogen) atoms. The minimum Gasteiger partial charge on any atom is -0.354 e. The maximum atomic E-state index is 14.2. The number of benzene rings is 2. The Morgan fingerprint density at radius 3 is 2.52 bits per heavy atom. The molecule has 7 heteroatoms. The van der Waals surface area contributed by atoms with E-state index in [0.717, 1.165) is 22.9 Å². The van der Waals surface area contributed by atoms with Crippen LogP contribution in [0, 0.1) is 5.82 Å². The molecule has 2 aromatic rings. The zero-order chi connectivity index (χ0) is 21.4. The highest BCUT2D eigenvalue weighted by Crippen LogP contribution is 2.22. The first-order chi connectivity index (χ1) is 13.8. The van der Waals surface area contributed by atoms with Crippen molar-refractivity contribution in [2.75, 3.05) is 6.54 Å². The number of amides is 2. The number of nitrogens with one attached hydrogen (secondary N) is 1. The Hall–Kier alpha value is -1.92. The highest BCUT2D eigenvalue weighted by Gasteiger charge is 2.27. The number of rotatable bonds is 9. The summed E-state index contributed by atoms with van der Waals surface area (Å²) in [6.45, 7) is 4.51. The predicted molar refractivity (Wildman–Crippen MR) is 117 cm³/mol. The quantitative estimate of drug-likeness (QED) is 0.503. The van der Waals surface area contributed by atoms with Crippen LogP contribution in [0.2, 0.25) is 5.02 Å². The first kappa shape index (κ1) is 23.4. The van der Waals surface area contributed by atoms with E-state index < -0.39 is 11.9 Å². The fraction of sp³-hybridized carbons (Fsp3) is 0.364. The summed E-state index contributed by atoms with van der Waals surface area (Å²) in [4.78, 5) is 27.1. The molecule has 0 aliphatic carbocycles. The van der Waals surface area contributed by atoms with Crippen LogP contribution in [0.25, 0.3) is 0 Å². The van der Waals surface area contributed by atoms with Crippen molar-refractivity contribution >= 4 is 39.3 Å². The number of carbonyl (C=O) groups excluding carboxylic acids is 2. The van der Waals surface area contributed by atoms with Crippen molar-refractivity contribution in [3.8, 4) is 0 Å². The topological polar surface area (TPSA) is 49.4 Å². The third-order valence-corrected chi connectivity index (χ3v) is 5.54. The van der Waals surface area contributed by atoms with E-state index in [1.54, 1.807) is 13.0 Å². The van der Waals surface area contributed by atoms with Crippen LogP contribution in [0.4, 0.5) is 4.39 Å². The molecule has 0 saturated carbocycles. The first-order valence-electron chi connectivity index (χ1n) is 9.58. The second-order valence-electron chi connectivity index (χ2n) is 6.85. The van der Waals surface area contributed by atoms with Crippen molar-refractivity contribution in [2.24, 2.45) is 0 Å². The standard InChI is InChI=1S/C22H25BrClFN2O2/c1-3-4-12-26-22(29)15(2)27(14-16-8-10-17(23)11-9-16)21(28)13-18-19(24)6-5-7-20(18)25/h5-11,15H,3-4,12-14H2,1-2H3,(H,26,29). The van der Waals surface area contributed by atoms with Crippen LogP contribution in [0.5, 0.6) is 0 Å². The zero-order valence-electron chi connectivity index (χ0n) is 16.6. The van der Waals surface area contributed by atoms with E-state index in [-0.39, 0.29) is 35.4 Å². The maximum absolute atomic E-state index is 14.2. The molecule has 0 radical (unpaired) electrons. The number of halogens is 3. The Morgan fingerprint density at radius 2 is 1.90 bits per heavy atom. The van der Waals surface area contributed by atoms with E-state index in [9.17, 15) is 14.0 Å². The Bertz CT molecular complexity index is 825. The fourth-order valence-corrected chi connectivity index (χ4v) is 3.35. The minimum atomic E-state index is -0.700. The van der Waals surface area contributed by atoms with E-state index >= 15 is 0 Å². The Labute approximate surface area is 184 Å². The molecule has 0 aromatic heterocycles. The molecule has 2 amide bonds.